The van der Waals surface area contributed by atoms with Gasteiger partial charge in [0.1, 0.15) is 11.5 Å². The highest BCUT2D eigenvalue weighted by atomic mass is 32.1. The molecule has 1 heterocycles. The van der Waals surface area contributed by atoms with Gasteiger partial charge in [0.05, 0.1) is 7.05 Å². The fourth-order valence-corrected chi connectivity index (χ4v) is 1.37. The Kier molecular flexibility index (Phi) is 1.79. The lowest BCUT2D eigenvalue weighted by molar-refractivity contribution is -0.766. The van der Waals surface area contributed by atoms with Crippen molar-refractivity contribution in [1.82, 2.24) is 4.90 Å². The Hall–Kier alpha value is -0.0600. The van der Waals surface area contributed by atoms with Crippen LogP contribution < -0.4 is 4.90 Å². The number of hydrogen-bond donors (Lipinski definition) is 1. The van der Waals surface area contributed by atoms with E-state index < -0.39 is 0 Å². The van der Waals surface area contributed by atoms with E-state index >= 15 is 0 Å². The lowest BCUT2D eigenvalue weighted by atomic mass is 10.6. The number of hydrogen-bond acceptors (Lipinski definition) is 2. The van der Waals surface area contributed by atoms with Gasteiger partial charge in [0.15, 0.2) is 0 Å². The Morgan fingerprint density at radius 2 is 2.11 bits per heavy atom. The highest BCUT2D eigenvalue weighted by Gasteiger charge is 2.28. The summed E-state index contributed by atoms with van der Waals surface area (Å²) < 4.78 is 0. The largest absolute Gasteiger partial charge is 0.280 e. The zero-order valence-corrected chi connectivity index (χ0v) is 7.10. The lowest BCUT2D eigenvalue weighted by Gasteiger charge is -2.05. The average molecular weight is 161 g/mol. The molecule has 0 radical (unpaired) electrons. The number of thiocarbonyl (C=S) groups is 2. The van der Waals surface area contributed by atoms with Gasteiger partial charge in [-0.1, -0.05) is 12.2 Å². The van der Waals surface area contributed by atoms with Crippen LogP contribution >= 0.6 is 24.4 Å². The summed E-state index contributed by atoms with van der Waals surface area (Å²) in [6.07, 6.45) is 0. The third-order valence-corrected chi connectivity index (χ3v) is 2.50. The molecule has 50 valence electrons. The molecule has 1 fully saturated rings. The first-order valence-corrected chi connectivity index (χ1v) is 3.58. The monoisotopic (exact) mass is 161 g/mol. The smallest absolute Gasteiger partial charge is 0.275 e. The van der Waals surface area contributed by atoms with Crippen molar-refractivity contribution in [2.75, 3.05) is 20.6 Å². The van der Waals surface area contributed by atoms with E-state index in [1.165, 1.54) is 4.90 Å². The maximum Gasteiger partial charge on any atom is 0.275 e. The maximum atomic E-state index is 5.04. The number of likely N-dealkylation sites (N-methyl/N-ethyl adjacent to an activating group) is 2. The summed E-state index contributed by atoms with van der Waals surface area (Å²) in [6.45, 7) is 0.880. The standard InChI is InChI=1S/C5H8N2S2/c1-6-3-4(8)7(2)5(6)9/h3H2,1-2H3/p+1. The van der Waals surface area contributed by atoms with Crippen molar-refractivity contribution >= 4 is 34.5 Å². The molecule has 1 saturated heterocycles. The zero-order chi connectivity index (χ0) is 7.02. The third-order valence-electron chi connectivity index (χ3n) is 1.46. The van der Waals surface area contributed by atoms with Crippen LogP contribution in [0.5, 0.6) is 0 Å². The van der Waals surface area contributed by atoms with E-state index in [1.54, 1.807) is 0 Å². The van der Waals surface area contributed by atoms with E-state index in [1.807, 2.05) is 19.0 Å². The summed E-state index contributed by atoms with van der Waals surface area (Å²) >= 11 is 10.1. The molecule has 0 bridgehead atoms. The van der Waals surface area contributed by atoms with Gasteiger partial charge >= 0.3 is 0 Å². The predicted octanol–water partition coefficient (Wildman–Crippen LogP) is -0.941. The molecule has 1 atom stereocenters. The Bertz CT molecular complexity index is 166. The fraction of sp³-hybridized carbons (Fsp3) is 0.600. The van der Waals surface area contributed by atoms with Crippen LogP contribution in [0.25, 0.3) is 0 Å². The Morgan fingerprint density at radius 3 is 2.22 bits per heavy atom. The van der Waals surface area contributed by atoms with E-state index in [0.717, 1.165) is 16.6 Å². The fourth-order valence-electron chi connectivity index (χ4n) is 0.821. The van der Waals surface area contributed by atoms with E-state index in [2.05, 4.69) is 0 Å². The minimum absolute atomic E-state index is 0.880. The molecule has 1 N–H and O–H groups in total. The van der Waals surface area contributed by atoms with Gasteiger partial charge < -0.3 is 0 Å². The molecule has 0 saturated carbocycles. The second kappa shape index (κ2) is 2.28. The molecule has 0 spiro atoms. The normalized spacial score (nSPS) is 27.8. The van der Waals surface area contributed by atoms with Gasteiger partial charge in [0.2, 0.25) is 0 Å². The van der Waals surface area contributed by atoms with Crippen molar-refractivity contribution in [1.29, 1.82) is 0 Å². The Morgan fingerprint density at radius 1 is 1.56 bits per heavy atom. The number of rotatable bonds is 0. The van der Waals surface area contributed by atoms with Crippen LogP contribution in [0.4, 0.5) is 0 Å². The van der Waals surface area contributed by atoms with Gasteiger partial charge in [-0.15, -0.1) is 0 Å². The van der Waals surface area contributed by atoms with Crippen molar-refractivity contribution < 1.29 is 4.90 Å². The molecule has 1 aliphatic heterocycles. The predicted molar refractivity (Wildman–Crippen MR) is 44.7 cm³/mol. The second-order valence-electron chi connectivity index (χ2n) is 2.22. The van der Waals surface area contributed by atoms with Gasteiger partial charge in [0.25, 0.3) is 5.11 Å². The SMILES string of the molecule is CN1C(=S)C[NH+](C)C1=S. The molecular weight excluding hydrogens is 152 g/mol. The van der Waals surface area contributed by atoms with Gasteiger partial charge in [-0.2, -0.15) is 0 Å². The van der Waals surface area contributed by atoms with Gasteiger partial charge in [-0.25, -0.2) is 0 Å². The van der Waals surface area contributed by atoms with Gasteiger partial charge in [-0.3, -0.25) is 9.80 Å². The van der Waals surface area contributed by atoms with Crippen LogP contribution in [0, 0.1) is 0 Å². The highest BCUT2D eigenvalue weighted by molar-refractivity contribution is 7.81. The molecule has 2 nitrogen and oxygen atoms in total. The zero-order valence-electron chi connectivity index (χ0n) is 5.47. The van der Waals surface area contributed by atoms with Crippen LogP contribution in [0.2, 0.25) is 0 Å². The van der Waals surface area contributed by atoms with Crippen LogP contribution in [0.3, 0.4) is 0 Å². The van der Waals surface area contributed by atoms with Gasteiger partial charge in [-0.05, 0) is 0 Å². The van der Waals surface area contributed by atoms with E-state index in [0.29, 0.717) is 0 Å². The summed E-state index contributed by atoms with van der Waals surface area (Å²) in [7, 11) is 3.94. The molecular formula is C5H9N2S2+. The summed E-state index contributed by atoms with van der Waals surface area (Å²) in [4.78, 5) is 4.05. The van der Waals surface area contributed by atoms with Crippen molar-refractivity contribution in [3.05, 3.63) is 0 Å². The van der Waals surface area contributed by atoms with E-state index in [4.69, 9.17) is 24.4 Å². The molecule has 0 aromatic carbocycles. The van der Waals surface area contributed by atoms with E-state index in [9.17, 15) is 0 Å². The minimum atomic E-state index is 0.880. The topological polar surface area (TPSA) is 7.68 Å². The molecule has 4 heteroatoms. The van der Waals surface area contributed by atoms with Crippen molar-refractivity contribution in [2.45, 2.75) is 0 Å². The lowest BCUT2D eigenvalue weighted by Crippen LogP contribution is -3.10. The van der Waals surface area contributed by atoms with Crippen LogP contribution in [0.1, 0.15) is 0 Å². The first-order valence-electron chi connectivity index (χ1n) is 2.76. The number of quaternary nitrogens is 1. The summed E-state index contributed by atoms with van der Waals surface area (Å²) in [5, 5.41) is 0.903. The van der Waals surface area contributed by atoms with E-state index in [-0.39, 0.29) is 0 Å². The van der Waals surface area contributed by atoms with Crippen molar-refractivity contribution in [3.8, 4) is 0 Å². The molecule has 0 aromatic heterocycles. The second-order valence-corrected chi connectivity index (χ2v) is 3.07. The highest BCUT2D eigenvalue weighted by Crippen LogP contribution is 1.90. The Balaban J connectivity index is 2.77. The molecule has 9 heavy (non-hydrogen) atoms. The number of nitrogens with zero attached hydrogens (tertiary/aromatic N) is 1. The maximum absolute atomic E-state index is 5.04. The first-order chi connectivity index (χ1) is 4.13. The third kappa shape index (κ3) is 1.10. The quantitative estimate of drug-likeness (QED) is 0.459. The van der Waals surface area contributed by atoms with Crippen LogP contribution in [-0.2, 0) is 0 Å². The summed E-state index contributed by atoms with van der Waals surface area (Å²) in [5.74, 6) is 0. The van der Waals surface area contributed by atoms with Crippen molar-refractivity contribution in [2.24, 2.45) is 0 Å². The van der Waals surface area contributed by atoms with Crippen molar-refractivity contribution in [3.63, 3.8) is 0 Å². The molecule has 0 aromatic rings. The molecule has 1 rings (SSSR count). The molecule has 0 amide bonds. The van der Waals surface area contributed by atoms with Crippen LogP contribution in [0.15, 0.2) is 0 Å². The van der Waals surface area contributed by atoms with Gasteiger partial charge in [0, 0.05) is 19.3 Å². The molecule has 1 unspecified atom stereocenters. The summed E-state index contributed by atoms with van der Waals surface area (Å²) in [6, 6.07) is 0. The summed E-state index contributed by atoms with van der Waals surface area (Å²) in [5.41, 5.74) is 0. The average Bonchev–Trinajstić information content (AvgIpc) is 1.98. The minimum Gasteiger partial charge on any atom is -0.280 e. The van der Waals surface area contributed by atoms with Crippen LogP contribution in [-0.4, -0.2) is 35.6 Å². The molecule has 1 aliphatic rings. The number of nitrogens with one attached hydrogen (secondary N) is 1. The first kappa shape index (κ1) is 7.05. The Labute approximate surface area is 65.4 Å². The molecule has 0 aliphatic carbocycles.